The maximum atomic E-state index is 4.81. The number of rotatable bonds is 4. The molecule has 25 heavy (non-hydrogen) atoms. The first kappa shape index (κ1) is 16.0. The van der Waals surface area contributed by atoms with Crippen LogP contribution in [0.1, 0.15) is 35.8 Å². The Morgan fingerprint density at radius 3 is 2.88 bits per heavy atom. The molecule has 0 unspecified atom stereocenters. The van der Waals surface area contributed by atoms with Crippen LogP contribution >= 0.6 is 0 Å². The molecule has 1 saturated heterocycles. The zero-order valence-corrected chi connectivity index (χ0v) is 14.5. The molecule has 0 saturated carbocycles. The van der Waals surface area contributed by atoms with E-state index in [-0.39, 0.29) is 0 Å². The third-order valence-electron chi connectivity index (χ3n) is 4.73. The molecule has 128 valence electrons. The molecule has 4 rings (SSSR count). The van der Waals surface area contributed by atoms with E-state index in [1.807, 2.05) is 19.2 Å². The number of hydrogen-bond acceptors (Lipinski definition) is 4. The van der Waals surface area contributed by atoms with Crippen LogP contribution < -0.4 is 0 Å². The van der Waals surface area contributed by atoms with Gasteiger partial charge in [0.15, 0.2) is 5.82 Å². The van der Waals surface area contributed by atoms with Crippen molar-refractivity contribution in [3.8, 4) is 11.5 Å². The minimum atomic E-state index is 0.381. The molecule has 2 aromatic heterocycles. The molecule has 5 heteroatoms. The fourth-order valence-corrected chi connectivity index (χ4v) is 3.55. The lowest BCUT2D eigenvalue weighted by Crippen LogP contribution is -2.34. The summed E-state index contributed by atoms with van der Waals surface area (Å²) in [4.78, 5) is 19.5. The second-order valence-corrected chi connectivity index (χ2v) is 6.75. The van der Waals surface area contributed by atoms with E-state index in [0.29, 0.717) is 5.92 Å². The van der Waals surface area contributed by atoms with Crippen molar-refractivity contribution in [2.24, 2.45) is 0 Å². The van der Waals surface area contributed by atoms with Crippen molar-refractivity contribution in [2.75, 3.05) is 13.1 Å². The standard InChI is InChI=1S/C20H23N5/c1-15-12-18(20-21-9-10-22-20)24-19(23-15)17-8-5-11-25(14-17)13-16-6-3-2-4-7-16/h2-4,6-7,9-10,12,17H,5,8,11,13-14H2,1H3,(H,21,22)/t17-/m0/s1. The van der Waals surface area contributed by atoms with Crippen molar-refractivity contribution in [3.05, 3.63) is 65.9 Å². The molecule has 5 nitrogen and oxygen atoms in total. The minimum Gasteiger partial charge on any atom is -0.343 e. The molecule has 0 spiro atoms. The summed E-state index contributed by atoms with van der Waals surface area (Å²) in [6.45, 7) is 5.18. The number of aromatic nitrogens is 4. The summed E-state index contributed by atoms with van der Waals surface area (Å²) in [5, 5.41) is 0. The number of nitrogens with one attached hydrogen (secondary N) is 1. The SMILES string of the molecule is Cc1cc(-c2ncc[nH]2)nc([C@H]2CCCN(Cc3ccccc3)C2)n1. The van der Waals surface area contributed by atoms with Gasteiger partial charge in [-0.1, -0.05) is 30.3 Å². The van der Waals surface area contributed by atoms with Gasteiger partial charge >= 0.3 is 0 Å². The molecule has 0 aliphatic carbocycles. The Morgan fingerprint density at radius 2 is 2.08 bits per heavy atom. The summed E-state index contributed by atoms with van der Waals surface area (Å²) < 4.78 is 0. The normalized spacial score (nSPS) is 18.4. The summed E-state index contributed by atoms with van der Waals surface area (Å²) >= 11 is 0. The van der Waals surface area contributed by atoms with E-state index in [4.69, 9.17) is 9.97 Å². The van der Waals surface area contributed by atoms with E-state index in [1.54, 1.807) is 6.20 Å². The van der Waals surface area contributed by atoms with Crippen LogP contribution in [-0.4, -0.2) is 37.9 Å². The van der Waals surface area contributed by atoms with Crippen molar-refractivity contribution in [1.82, 2.24) is 24.8 Å². The van der Waals surface area contributed by atoms with Gasteiger partial charge in [0, 0.05) is 37.1 Å². The molecule has 3 aromatic rings. The number of likely N-dealkylation sites (tertiary alicyclic amines) is 1. The van der Waals surface area contributed by atoms with Gasteiger partial charge in [-0.05, 0) is 37.9 Å². The molecule has 1 fully saturated rings. The lowest BCUT2D eigenvalue weighted by atomic mass is 9.96. The van der Waals surface area contributed by atoms with Gasteiger partial charge in [0.05, 0.1) is 0 Å². The molecule has 1 aliphatic heterocycles. The monoisotopic (exact) mass is 333 g/mol. The number of imidazole rings is 1. The predicted molar refractivity (Wildman–Crippen MR) is 98.0 cm³/mol. The fourth-order valence-electron chi connectivity index (χ4n) is 3.55. The Kier molecular flexibility index (Phi) is 4.57. The average Bonchev–Trinajstić information content (AvgIpc) is 3.17. The van der Waals surface area contributed by atoms with E-state index in [9.17, 15) is 0 Å². The van der Waals surface area contributed by atoms with Crippen molar-refractivity contribution in [1.29, 1.82) is 0 Å². The largest absolute Gasteiger partial charge is 0.343 e. The summed E-state index contributed by atoms with van der Waals surface area (Å²) in [5.41, 5.74) is 3.24. The number of H-pyrrole nitrogens is 1. The van der Waals surface area contributed by atoms with Gasteiger partial charge in [-0.25, -0.2) is 15.0 Å². The van der Waals surface area contributed by atoms with Crippen molar-refractivity contribution in [3.63, 3.8) is 0 Å². The number of piperidine rings is 1. The third kappa shape index (κ3) is 3.77. The second kappa shape index (κ2) is 7.15. The van der Waals surface area contributed by atoms with Crippen molar-refractivity contribution in [2.45, 2.75) is 32.2 Å². The molecule has 1 aliphatic rings. The van der Waals surface area contributed by atoms with Gasteiger partial charge in [-0.3, -0.25) is 4.90 Å². The molecule has 0 radical (unpaired) electrons. The highest BCUT2D eigenvalue weighted by atomic mass is 15.1. The van der Waals surface area contributed by atoms with Gasteiger partial charge in [0.25, 0.3) is 0 Å². The zero-order chi connectivity index (χ0) is 17.1. The van der Waals surface area contributed by atoms with Crippen LogP contribution in [0, 0.1) is 6.92 Å². The summed E-state index contributed by atoms with van der Waals surface area (Å²) in [6.07, 6.45) is 5.92. The Bertz CT molecular complexity index is 813. The van der Waals surface area contributed by atoms with E-state index in [0.717, 1.165) is 49.1 Å². The van der Waals surface area contributed by atoms with Gasteiger partial charge in [-0.15, -0.1) is 0 Å². The van der Waals surface area contributed by atoms with Gasteiger partial charge in [-0.2, -0.15) is 0 Å². The van der Waals surface area contributed by atoms with Crippen LogP contribution in [0.3, 0.4) is 0 Å². The van der Waals surface area contributed by atoms with E-state index in [2.05, 4.69) is 45.2 Å². The highest BCUT2D eigenvalue weighted by Gasteiger charge is 2.24. The van der Waals surface area contributed by atoms with Gasteiger partial charge in [0.2, 0.25) is 0 Å². The smallest absolute Gasteiger partial charge is 0.156 e. The Hall–Kier alpha value is -2.53. The Balaban J connectivity index is 1.53. The molecule has 1 N–H and O–H groups in total. The number of nitrogens with zero attached hydrogens (tertiary/aromatic N) is 4. The molecular formula is C20H23N5. The predicted octanol–water partition coefficient (Wildman–Crippen LogP) is 3.55. The number of benzene rings is 1. The van der Waals surface area contributed by atoms with Crippen molar-refractivity contribution >= 4 is 0 Å². The third-order valence-corrected chi connectivity index (χ3v) is 4.73. The summed E-state index contributed by atoms with van der Waals surface area (Å²) in [6, 6.07) is 12.7. The lowest BCUT2D eigenvalue weighted by molar-refractivity contribution is 0.196. The Labute approximate surface area is 148 Å². The molecule has 0 bridgehead atoms. The van der Waals surface area contributed by atoms with E-state index < -0.39 is 0 Å². The van der Waals surface area contributed by atoms with Crippen molar-refractivity contribution < 1.29 is 0 Å². The summed E-state index contributed by atoms with van der Waals surface area (Å²) in [7, 11) is 0. The van der Waals surface area contributed by atoms with Crippen LogP contribution in [0.2, 0.25) is 0 Å². The molecule has 1 aromatic carbocycles. The number of aryl methyl sites for hydroxylation is 1. The summed E-state index contributed by atoms with van der Waals surface area (Å²) in [5.74, 6) is 2.14. The van der Waals surface area contributed by atoms with Crippen LogP contribution in [0.5, 0.6) is 0 Å². The van der Waals surface area contributed by atoms with Crippen LogP contribution in [-0.2, 0) is 6.54 Å². The molecule has 3 heterocycles. The van der Waals surface area contributed by atoms with E-state index >= 15 is 0 Å². The maximum Gasteiger partial charge on any atom is 0.156 e. The van der Waals surface area contributed by atoms with Crippen LogP contribution in [0.4, 0.5) is 0 Å². The van der Waals surface area contributed by atoms with Gasteiger partial charge < -0.3 is 4.98 Å². The Morgan fingerprint density at radius 1 is 1.20 bits per heavy atom. The topological polar surface area (TPSA) is 57.7 Å². The molecule has 1 atom stereocenters. The van der Waals surface area contributed by atoms with Crippen LogP contribution in [0.15, 0.2) is 48.8 Å². The maximum absolute atomic E-state index is 4.81. The highest BCUT2D eigenvalue weighted by molar-refractivity contribution is 5.49. The minimum absolute atomic E-state index is 0.381. The van der Waals surface area contributed by atoms with Gasteiger partial charge in [0.1, 0.15) is 11.5 Å². The zero-order valence-electron chi connectivity index (χ0n) is 14.5. The number of hydrogen-bond donors (Lipinski definition) is 1. The lowest BCUT2D eigenvalue weighted by Gasteiger charge is -2.32. The van der Waals surface area contributed by atoms with Crippen LogP contribution in [0.25, 0.3) is 11.5 Å². The molecular weight excluding hydrogens is 310 g/mol. The first-order valence-corrected chi connectivity index (χ1v) is 8.89. The first-order valence-electron chi connectivity index (χ1n) is 8.89. The highest BCUT2D eigenvalue weighted by Crippen LogP contribution is 2.27. The molecule has 0 amide bonds. The second-order valence-electron chi connectivity index (χ2n) is 6.75. The van der Waals surface area contributed by atoms with E-state index in [1.165, 1.54) is 12.0 Å². The quantitative estimate of drug-likeness (QED) is 0.793. The number of aromatic amines is 1. The fraction of sp³-hybridized carbons (Fsp3) is 0.350. The average molecular weight is 333 g/mol. The first-order chi connectivity index (χ1) is 12.3.